The molecule has 0 aliphatic carbocycles. The lowest BCUT2D eigenvalue weighted by Gasteiger charge is -2.28. The fourth-order valence-corrected chi connectivity index (χ4v) is 4.08. The summed E-state index contributed by atoms with van der Waals surface area (Å²) in [5.41, 5.74) is -0.729. The minimum Gasteiger partial charge on any atom is -0.396 e. The van der Waals surface area contributed by atoms with Crippen LogP contribution >= 0.6 is 0 Å². The second-order valence-corrected chi connectivity index (χ2v) is 7.75. The number of alkyl halides is 2. The third kappa shape index (κ3) is 3.72. The van der Waals surface area contributed by atoms with Gasteiger partial charge in [0.1, 0.15) is 23.1 Å². The van der Waals surface area contributed by atoms with Crippen LogP contribution in [-0.2, 0) is 25.4 Å². The zero-order chi connectivity index (χ0) is 22.3. The Morgan fingerprint density at radius 3 is 2.87 bits per heavy atom. The zero-order valence-electron chi connectivity index (χ0n) is 16.3. The molecule has 2 aromatic rings. The van der Waals surface area contributed by atoms with Gasteiger partial charge in [-0.25, -0.2) is 13.6 Å². The summed E-state index contributed by atoms with van der Waals surface area (Å²) in [4.78, 5) is 13.9. The van der Waals surface area contributed by atoms with Crippen LogP contribution < -0.4 is 5.32 Å². The van der Waals surface area contributed by atoms with Gasteiger partial charge in [0.15, 0.2) is 5.82 Å². The number of carbonyl (C=O) groups excluding carboxylic acids is 1. The number of nitrogens with zero attached hydrogens (tertiary/aromatic N) is 4. The number of fused-ring (bicyclic) bond motifs is 3. The van der Waals surface area contributed by atoms with Crippen molar-refractivity contribution in [1.29, 1.82) is 5.26 Å². The van der Waals surface area contributed by atoms with E-state index in [-0.39, 0.29) is 61.9 Å². The molecule has 2 N–H and O–H groups in total. The number of anilines is 1. The number of carbonyl (C=O) groups is 1. The van der Waals surface area contributed by atoms with E-state index in [2.05, 4.69) is 10.4 Å². The van der Waals surface area contributed by atoms with E-state index in [1.165, 1.54) is 15.7 Å². The van der Waals surface area contributed by atoms with E-state index in [1.54, 1.807) is 0 Å². The topological polar surface area (TPSA) is 94.2 Å². The third-order valence-corrected chi connectivity index (χ3v) is 5.74. The summed E-state index contributed by atoms with van der Waals surface area (Å²) in [6.07, 6.45) is -0.0465. The molecular weight excluding hydrogens is 418 g/mol. The molecule has 1 aromatic heterocycles. The Bertz CT molecular complexity index is 1080. The van der Waals surface area contributed by atoms with Crippen molar-refractivity contribution in [2.45, 2.75) is 38.3 Å². The van der Waals surface area contributed by atoms with Crippen molar-refractivity contribution in [1.82, 2.24) is 14.7 Å². The predicted octanol–water partition coefficient (Wildman–Crippen LogP) is 3.12. The van der Waals surface area contributed by atoms with Gasteiger partial charge in [0, 0.05) is 44.0 Å². The van der Waals surface area contributed by atoms with Gasteiger partial charge >= 0.3 is 6.03 Å². The van der Waals surface area contributed by atoms with Crippen LogP contribution in [0.4, 0.5) is 28.0 Å². The Labute approximate surface area is 174 Å². The molecule has 3 heterocycles. The summed E-state index contributed by atoms with van der Waals surface area (Å²) >= 11 is 0. The Balaban J connectivity index is 1.59. The third-order valence-electron chi connectivity index (χ3n) is 5.74. The molecule has 4 rings (SSSR count). The Hall–Kier alpha value is -3.13. The smallest absolute Gasteiger partial charge is 0.322 e. The van der Waals surface area contributed by atoms with Crippen molar-refractivity contribution in [3.63, 3.8) is 0 Å². The number of aliphatic hydroxyl groups excluding tert-OH is 1. The molecule has 164 valence electrons. The Kier molecular flexibility index (Phi) is 5.35. The van der Waals surface area contributed by atoms with E-state index in [1.807, 2.05) is 0 Å². The Morgan fingerprint density at radius 1 is 1.39 bits per heavy atom. The van der Waals surface area contributed by atoms with Gasteiger partial charge in [0.25, 0.3) is 5.92 Å². The fourth-order valence-electron chi connectivity index (χ4n) is 4.08. The minimum atomic E-state index is -3.16. The number of aromatic nitrogens is 2. The van der Waals surface area contributed by atoms with Gasteiger partial charge in [-0.05, 0) is 18.6 Å². The molecule has 0 unspecified atom stereocenters. The lowest BCUT2D eigenvalue weighted by Crippen LogP contribution is -2.39. The molecule has 0 fully saturated rings. The Morgan fingerprint density at radius 2 is 2.16 bits per heavy atom. The maximum Gasteiger partial charge on any atom is 0.322 e. The highest BCUT2D eigenvalue weighted by molar-refractivity contribution is 5.90. The quantitative estimate of drug-likeness (QED) is 0.706. The van der Waals surface area contributed by atoms with Crippen LogP contribution in [0.3, 0.4) is 0 Å². The SMILES string of the molecule is N#Cc1c(F)ccc(NC(=O)N2CCc3nn4c(c3C2)C(F)(F)CC[C@H](CO)C4)c1F. The van der Waals surface area contributed by atoms with Gasteiger partial charge in [-0.1, -0.05) is 0 Å². The van der Waals surface area contributed by atoms with Crippen LogP contribution in [0, 0.1) is 28.9 Å². The zero-order valence-corrected chi connectivity index (χ0v) is 16.3. The number of nitrogens with one attached hydrogen (secondary N) is 1. The molecule has 0 spiro atoms. The van der Waals surface area contributed by atoms with E-state index in [9.17, 15) is 27.5 Å². The number of halogens is 4. The molecular formula is C20H19F4N5O2. The second-order valence-electron chi connectivity index (χ2n) is 7.75. The van der Waals surface area contributed by atoms with Crippen molar-refractivity contribution in [3.05, 3.63) is 46.3 Å². The average Bonchev–Trinajstić information content (AvgIpc) is 3.05. The van der Waals surface area contributed by atoms with Crippen LogP contribution in [0.15, 0.2) is 12.1 Å². The number of hydrogen-bond acceptors (Lipinski definition) is 4. The predicted molar refractivity (Wildman–Crippen MR) is 100 cm³/mol. The number of benzene rings is 1. The molecule has 0 bridgehead atoms. The van der Waals surface area contributed by atoms with Crippen LogP contribution in [0.25, 0.3) is 0 Å². The molecule has 7 nitrogen and oxygen atoms in total. The fraction of sp³-hybridized carbons (Fsp3) is 0.450. The van der Waals surface area contributed by atoms with Gasteiger partial charge in [0.2, 0.25) is 0 Å². The summed E-state index contributed by atoms with van der Waals surface area (Å²) in [5.74, 6) is -5.74. The summed E-state index contributed by atoms with van der Waals surface area (Å²) in [6.45, 7) is -0.0388. The van der Waals surface area contributed by atoms with Gasteiger partial charge in [-0.2, -0.15) is 19.1 Å². The number of rotatable bonds is 2. The van der Waals surface area contributed by atoms with E-state index >= 15 is 0 Å². The minimum absolute atomic E-state index is 0.149. The first-order valence-corrected chi connectivity index (χ1v) is 9.77. The molecule has 31 heavy (non-hydrogen) atoms. The van der Waals surface area contributed by atoms with Crippen LogP contribution in [0.2, 0.25) is 0 Å². The summed E-state index contributed by atoms with van der Waals surface area (Å²) in [6, 6.07) is 2.49. The maximum absolute atomic E-state index is 14.9. The van der Waals surface area contributed by atoms with Gasteiger partial charge < -0.3 is 15.3 Å². The molecule has 0 saturated carbocycles. The van der Waals surface area contributed by atoms with Crippen molar-refractivity contribution < 1.29 is 27.5 Å². The second kappa shape index (κ2) is 7.85. The first-order valence-electron chi connectivity index (χ1n) is 9.77. The largest absolute Gasteiger partial charge is 0.396 e. The van der Waals surface area contributed by atoms with Gasteiger partial charge in [-0.15, -0.1) is 0 Å². The number of nitriles is 1. The van der Waals surface area contributed by atoms with Gasteiger partial charge in [0.05, 0.1) is 17.9 Å². The maximum atomic E-state index is 14.9. The van der Waals surface area contributed by atoms with Crippen LogP contribution in [-0.4, -0.2) is 39.0 Å². The lowest BCUT2D eigenvalue weighted by molar-refractivity contribution is -0.0226. The molecule has 0 saturated heterocycles. The van der Waals surface area contributed by atoms with Crippen molar-refractivity contribution >= 4 is 11.7 Å². The van der Waals surface area contributed by atoms with Crippen molar-refractivity contribution in [3.8, 4) is 6.07 Å². The highest BCUT2D eigenvalue weighted by Crippen LogP contribution is 2.41. The normalized spacial score (nSPS) is 19.7. The first kappa shape index (κ1) is 21.1. The van der Waals surface area contributed by atoms with Crippen LogP contribution in [0.5, 0.6) is 0 Å². The first-order chi connectivity index (χ1) is 14.7. The summed E-state index contributed by atoms with van der Waals surface area (Å²) in [5, 5.41) is 24.9. The average molecular weight is 437 g/mol. The standard InChI is InChI=1S/C20H19F4N5O2/c21-14-1-2-16(17(22)12(14)7-25)26-19(31)28-6-4-15-13(9-28)18-20(23,24)5-3-11(10-30)8-29(18)27-15/h1-2,11,30H,3-6,8-10H2,(H,26,31)/t11-/m0/s1. The highest BCUT2D eigenvalue weighted by Gasteiger charge is 2.43. The molecule has 1 aromatic carbocycles. The van der Waals surface area contributed by atoms with Crippen molar-refractivity contribution in [2.75, 3.05) is 18.5 Å². The van der Waals surface area contributed by atoms with Gasteiger partial charge in [-0.3, -0.25) is 4.68 Å². The monoisotopic (exact) mass is 437 g/mol. The molecule has 2 amide bonds. The number of hydrogen-bond donors (Lipinski definition) is 2. The molecule has 1 atom stereocenters. The lowest BCUT2D eigenvalue weighted by atomic mass is 9.98. The summed E-state index contributed by atoms with van der Waals surface area (Å²) in [7, 11) is 0. The highest BCUT2D eigenvalue weighted by atomic mass is 19.3. The molecule has 2 aliphatic rings. The number of urea groups is 1. The molecule has 11 heteroatoms. The number of aliphatic hydroxyl groups is 1. The molecule has 2 aliphatic heterocycles. The van der Waals surface area contributed by atoms with Crippen LogP contribution in [0.1, 0.15) is 35.4 Å². The molecule has 0 radical (unpaired) electrons. The van der Waals surface area contributed by atoms with E-state index < -0.39 is 35.6 Å². The number of amides is 2. The van der Waals surface area contributed by atoms with E-state index in [4.69, 9.17) is 5.26 Å². The van der Waals surface area contributed by atoms with Crippen molar-refractivity contribution in [2.24, 2.45) is 5.92 Å². The van der Waals surface area contributed by atoms with E-state index in [0.717, 1.165) is 12.1 Å². The summed E-state index contributed by atoms with van der Waals surface area (Å²) < 4.78 is 58.7. The van der Waals surface area contributed by atoms with E-state index in [0.29, 0.717) is 5.69 Å².